The molecule has 27 heavy (non-hydrogen) atoms. The molecule has 2 atom stereocenters. The van der Waals surface area contributed by atoms with Gasteiger partial charge < -0.3 is 10.2 Å². The highest BCUT2D eigenvalue weighted by molar-refractivity contribution is 7.89. The Morgan fingerprint density at radius 2 is 1.78 bits per heavy atom. The van der Waals surface area contributed by atoms with Gasteiger partial charge in [-0.15, -0.1) is 0 Å². The fourth-order valence-corrected chi connectivity index (χ4v) is 5.13. The number of benzene rings is 1. The van der Waals surface area contributed by atoms with Crippen molar-refractivity contribution < 1.29 is 18.0 Å². The molecule has 2 fully saturated rings. The summed E-state index contributed by atoms with van der Waals surface area (Å²) in [5, 5.41) is 2.69. The fraction of sp³-hybridized carbons (Fsp3) is 0.579. The lowest BCUT2D eigenvalue weighted by molar-refractivity contribution is -0.134. The summed E-state index contributed by atoms with van der Waals surface area (Å²) >= 11 is 0. The van der Waals surface area contributed by atoms with Crippen LogP contribution in [0.4, 0.5) is 0 Å². The second-order valence-electron chi connectivity index (χ2n) is 7.59. The molecule has 3 rings (SSSR count). The number of carbonyl (C=O) groups excluding carboxylic acids is 2. The van der Waals surface area contributed by atoms with Crippen molar-refractivity contribution in [2.75, 3.05) is 32.7 Å². The fourth-order valence-electron chi connectivity index (χ4n) is 3.40. The number of rotatable bonds is 5. The van der Waals surface area contributed by atoms with Crippen molar-refractivity contribution in [1.29, 1.82) is 0 Å². The average Bonchev–Trinajstić information content (AvgIpc) is 3.38. The molecule has 2 aliphatic rings. The van der Waals surface area contributed by atoms with Crippen molar-refractivity contribution in [1.82, 2.24) is 14.5 Å². The molecule has 0 bridgehead atoms. The smallest absolute Gasteiger partial charge is 0.243 e. The molecular formula is C19H27N3O4S. The van der Waals surface area contributed by atoms with Crippen molar-refractivity contribution in [2.24, 2.45) is 11.8 Å². The van der Waals surface area contributed by atoms with Gasteiger partial charge in [-0.3, -0.25) is 9.59 Å². The van der Waals surface area contributed by atoms with Gasteiger partial charge in [0.25, 0.3) is 0 Å². The first-order valence-corrected chi connectivity index (χ1v) is 10.8. The van der Waals surface area contributed by atoms with Gasteiger partial charge >= 0.3 is 0 Å². The minimum Gasteiger partial charge on any atom is -0.347 e. The topological polar surface area (TPSA) is 86.8 Å². The Kier molecular flexibility index (Phi) is 5.58. The van der Waals surface area contributed by atoms with E-state index in [1.54, 1.807) is 17.9 Å². The summed E-state index contributed by atoms with van der Waals surface area (Å²) < 4.78 is 27.3. The maximum atomic E-state index is 12.9. The number of amides is 2. The maximum Gasteiger partial charge on any atom is 0.243 e. The van der Waals surface area contributed by atoms with Gasteiger partial charge in [0.2, 0.25) is 21.8 Å². The first kappa shape index (κ1) is 19.8. The number of hydrogen-bond donors (Lipinski definition) is 1. The third-order valence-corrected chi connectivity index (χ3v) is 7.45. The van der Waals surface area contributed by atoms with Gasteiger partial charge in [-0.25, -0.2) is 8.42 Å². The number of nitrogens with one attached hydrogen (secondary N) is 1. The van der Waals surface area contributed by atoms with Gasteiger partial charge in [0.05, 0.1) is 11.4 Å². The zero-order valence-corrected chi connectivity index (χ0v) is 16.9. The molecule has 1 heterocycles. The number of carbonyl (C=O) groups is 2. The minimum absolute atomic E-state index is 0.0220. The second-order valence-corrected chi connectivity index (χ2v) is 9.50. The van der Waals surface area contributed by atoms with E-state index in [4.69, 9.17) is 0 Å². The lowest BCUT2D eigenvalue weighted by atomic mass is 10.2. The molecule has 0 spiro atoms. The minimum atomic E-state index is -3.57. The normalized spacial score (nSPS) is 23.1. The molecule has 0 aromatic heterocycles. The van der Waals surface area contributed by atoms with Crippen LogP contribution in [0.2, 0.25) is 0 Å². The van der Waals surface area contributed by atoms with Gasteiger partial charge in [0.1, 0.15) is 0 Å². The van der Waals surface area contributed by atoms with E-state index in [0.29, 0.717) is 23.9 Å². The van der Waals surface area contributed by atoms with Crippen molar-refractivity contribution in [3.05, 3.63) is 29.3 Å². The Balaban J connectivity index is 1.55. The van der Waals surface area contributed by atoms with Gasteiger partial charge in [0, 0.05) is 32.1 Å². The highest BCUT2D eigenvalue weighted by atomic mass is 32.2. The molecule has 1 aromatic carbocycles. The van der Waals surface area contributed by atoms with Crippen LogP contribution < -0.4 is 5.32 Å². The molecule has 0 radical (unpaired) electrons. The number of nitrogens with zero attached hydrogens (tertiary/aromatic N) is 2. The van der Waals surface area contributed by atoms with Gasteiger partial charge in [-0.2, -0.15) is 4.31 Å². The van der Waals surface area contributed by atoms with Gasteiger partial charge in [-0.1, -0.05) is 19.1 Å². The van der Waals surface area contributed by atoms with Crippen molar-refractivity contribution in [3.8, 4) is 0 Å². The summed E-state index contributed by atoms with van der Waals surface area (Å²) in [5.41, 5.74) is 1.62. The molecule has 1 aromatic rings. The number of hydrogen-bond acceptors (Lipinski definition) is 4. The Bertz CT molecular complexity index is 845. The van der Waals surface area contributed by atoms with E-state index >= 15 is 0 Å². The van der Waals surface area contributed by atoms with E-state index in [1.165, 1.54) is 4.31 Å². The standard InChI is InChI=1S/C19H27N3O4S/c1-13-4-5-14(2)17(10-13)27(25,26)22-8-6-21(7-9-22)18(23)12-20-19(24)16-11-15(16)3/h4-5,10,15-16H,6-9,11-12H2,1-3H3,(H,20,24). The highest BCUT2D eigenvalue weighted by Gasteiger charge is 2.39. The van der Waals surface area contributed by atoms with Crippen LogP contribution in [0.5, 0.6) is 0 Å². The number of piperazine rings is 1. The zero-order valence-electron chi connectivity index (χ0n) is 16.1. The van der Waals surface area contributed by atoms with E-state index < -0.39 is 10.0 Å². The molecule has 1 N–H and O–H groups in total. The summed E-state index contributed by atoms with van der Waals surface area (Å²) in [6.07, 6.45) is 0.884. The summed E-state index contributed by atoms with van der Waals surface area (Å²) in [6, 6.07) is 5.39. The Morgan fingerprint density at radius 3 is 2.37 bits per heavy atom. The van der Waals surface area contributed by atoms with Crippen molar-refractivity contribution in [3.63, 3.8) is 0 Å². The average molecular weight is 394 g/mol. The third-order valence-electron chi connectivity index (χ3n) is 5.41. The maximum absolute atomic E-state index is 12.9. The monoisotopic (exact) mass is 393 g/mol. The molecule has 1 aliphatic heterocycles. The van der Waals surface area contributed by atoms with Crippen LogP contribution in [0.25, 0.3) is 0 Å². The molecule has 1 saturated carbocycles. The molecule has 8 heteroatoms. The predicted molar refractivity (Wildman–Crippen MR) is 102 cm³/mol. The Hall–Kier alpha value is -1.93. The lowest BCUT2D eigenvalue weighted by Gasteiger charge is -2.34. The second kappa shape index (κ2) is 7.59. The summed E-state index contributed by atoms with van der Waals surface area (Å²) in [7, 11) is -3.57. The SMILES string of the molecule is Cc1ccc(C)c(S(=O)(=O)N2CCN(C(=O)CNC(=O)C3CC3C)CC2)c1. The zero-order chi connectivity index (χ0) is 19.8. The van der Waals surface area contributed by atoms with Gasteiger partial charge in [0.15, 0.2) is 0 Å². The lowest BCUT2D eigenvalue weighted by Crippen LogP contribution is -2.52. The highest BCUT2D eigenvalue weighted by Crippen LogP contribution is 2.37. The van der Waals surface area contributed by atoms with E-state index in [1.807, 2.05) is 26.0 Å². The van der Waals surface area contributed by atoms with E-state index in [9.17, 15) is 18.0 Å². The molecular weight excluding hydrogens is 366 g/mol. The summed E-state index contributed by atoms with van der Waals surface area (Å²) in [5.74, 6) is 0.212. The van der Waals surface area contributed by atoms with E-state index in [-0.39, 0.29) is 37.4 Å². The Morgan fingerprint density at radius 1 is 1.15 bits per heavy atom. The van der Waals surface area contributed by atoms with Crippen molar-refractivity contribution in [2.45, 2.75) is 32.1 Å². The third kappa shape index (κ3) is 4.32. The van der Waals surface area contributed by atoms with Crippen LogP contribution in [0.1, 0.15) is 24.5 Å². The molecule has 2 amide bonds. The van der Waals surface area contributed by atoms with Crippen LogP contribution >= 0.6 is 0 Å². The van der Waals surface area contributed by atoms with Crippen LogP contribution in [-0.4, -0.2) is 62.2 Å². The molecule has 1 aliphatic carbocycles. The van der Waals surface area contributed by atoms with Crippen LogP contribution in [0, 0.1) is 25.7 Å². The summed E-state index contributed by atoms with van der Waals surface area (Å²) in [4.78, 5) is 26.1. The van der Waals surface area contributed by atoms with Gasteiger partial charge in [-0.05, 0) is 43.4 Å². The number of sulfonamides is 1. The van der Waals surface area contributed by atoms with E-state index in [0.717, 1.165) is 17.5 Å². The number of aryl methyl sites for hydroxylation is 2. The van der Waals surface area contributed by atoms with Crippen LogP contribution in [0.15, 0.2) is 23.1 Å². The van der Waals surface area contributed by atoms with E-state index in [2.05, 4.69) is 5.32 Å². The van der Waals surface area contributed by atoms with Crippen LogP contribution in [0.3, 0.4) is 0 Å². The molecule has 7 nitrogen and oxygen atoms in total. The first-order chi connectivity index (χ1) is 12.7. The largest absolute Gasteiger partial charge is 0.347 e. The first-order valence-electron chi connectivity index (χ1n) is 9.33. The summed E-state index contributed by atoms with van der Waals surface area (Å²) in [6.45, 7) is 6.83. The quantitative estimate of drug-likeness (QED) is 0.806. The molecule has 2 unspecified atom stereocenters. The Labute approximate surface area is 160 Å². The molecule has 148 valence electrons. The molecule has 1 saturated heterocycles. The predicted octanol–water partition coefficient (Wildman–Crippen LogP) is 0.909. The van der Waals surface area contributed by atoms with Crippen LogP contribution in [-0.2, 0) is 19.6 Å². The van der Waals surface area contributed by atoms with Crippen molar-refractivity contribution >= 4 is 21.8 Å².